The van der Waals surface area contributed by atoms with Crippen molar-refractivity contribution in [3.63, 3.8) is 0 Å². The highest BCUT2D eigenvalue weighted by molar-refractivity contribution is 5.40. The second kappa shape index (κ2) is 5.29. The quantitative estimate of drug-likeness (QED) is 0.873. The van der Waals surface area contributed by atoms with Crippen LogP contribution < -0.4 is 4.74 Å². The largest absolute Gasteiger partial charge is 0.491 e. The Hall–Kier alpha value is -1.06. The van der Waals surface area contributed by atoms with Gasteiger partial charge in [-0.1, -0.05) is 18.2 Å². The number of benzene rings is 1. The van der Waals surface area contributed by atoms with Crippen LogP contribution in [-0.2, 0) is 10.3 Å². The van der Waals surface area contributed by atoms with E-state index in [2.05, 4.69) is 0 Å². The molecule has 1 aliphatic carbocycles. The summed E-state index contributed by atoms with van der Waals surface area (Å²) in [6.45, 7) is 6.66. The zero-order valence-electron chi connectivity index (χ0n) is 11.3. The van der Waals surface area contributed by atoms with E-state index in [1.54, 1.807) is 0 Å². The molecule has 0 amide bonds. The van der Waals surface area contributed by atoms with Crippen molar-refractivity contribution in [2.75, 3.05) is 6.61 Å². The second-order valence-electron chi connectivity index (χ2n) is 5.18. The van der Waals surface area contributed by atoms with Crippen molar-refractivity contribution in [2.45, 2.75) is 51.4 Å². The van der Waals surface area contributed by atoms with Crippen molar-refractivity contribution in [2.24, 2.45) is 0 Å². The lowest BCUT2D eigenvalue weighted by atomic mass is 9.72. The summed E-state index contributed by atoms with van der Waals surface area (Å²) in [7, 11) is 0. The molecule has 0 spiro atoms. The highest BCUT2D eigenvalue weighted by Gasteiger charge is 2.46. The molecule has 1 aromatic carbocycles. The summed E-state index contributed by atoms with van der Waals surface area (Å²) >= 11 is 0. The Bertz CT molecular complexity index is 394. The summed E-state index contributed by atoms with van der Waals surface area (Å²) < 4.78 is 11.3. The molecule has 0 saturated heterocycles. The highest BCUT2D eigenvalue weighted by atomic mass is 16.5. The summed E-state index contributed by atoms with van der Waals surface area (Å²) in [4.78, 5) is 0. The lowest BCUT2D eigenvalue weighted by Gasteiger charge is -2.44. The van der Waals surface area contributed by atoms with E-state index < -0.39 is 5.60 Å². The molecule has 3 heteroatoms. The molecule has 1 N–H and O–H groups in total. The van der Waals surface area contributed by atoms with Crippen LogP contribution in [0.4, 0.5) is 0 Å². The van der Waals surface area contributed by atoms with Gasteiger partial charge in [-0.05, 0) is 26.8 Å². The zero-order valence-corrected chi connectivity index (χ0v) is 11.3. The van der Waals surface area contributed by atoms with Crippen LogP contribution in [0.25, 0.3) is 0 Å². The smallest absolute Gasteiger partial charge is 0.125 e. The van der Waals surface area contributed by atoms with Gasteiger partial charge in [0.1, 0.15) is 5.75 Å². The van der Waals surface area contributed by atoms with Gasteiger partial charge in [-0.3, -0.25) is 0 Å². The standard InChI is InChI=1S/C15H22O3/c1-4-17-12-9-15(16,10-12)13-7-5-6-8-14(13)18-11(2)3/h5-8,11-12,16H,4,9-10H2,1-3H3. The van der Waals surface area contributed by atoms with Crippen LogP contribution in [0, 0.1) is 0 Å². The van der Waals surface area contributed by atoms with Crippen LogP contribution in [0.3, 0.4) is 0 Å². The fourth-order valence-electron chi connectivity index (χ4n) is 2.47. The fourth-order valence-corrected chi connectivity index (χ4v) is 2.47. The van der Waals surface area contributed by atoms with Crippen LogP contribution in [0.2, 0.25) is 0 Å². The molecule has 3 nitrogen and oxygen atoms in total. The molecule has 1 aliphatic rings. The Morgan fingerprint density at radius 3 is 2.61 bits per heavy atom. The van der Waals surface area contributed by atoms with E-state index in [0.29, 0.717) is 19.4 Å². The van der Waals surface area contributed by atoms with Gasteiger partial charge in [0, 0.05) is 25.0 Å². The van der Waals surface area contributed by atoms with Crippen molar-refractivity contribution < 1.29 is 14.6 Å². The minimum Gasteiger partial charge on any atom is -0.491 e. The molecule has 0 unspecified atom stereocenters. The van der Waals surface area contributed by atoms with Gasteiger partial charge in [0.25, 0.3) is 0 Å². The molecule has 100 valence electrons. The minimum absolute atomic E-state index is 0.109. The van der Waals surface area contributed by atoms with Crippen LogP contribution >= 0.6 is 0 Å². The third-order valence-electron chi connectivity index (χ3n) is 3.28. The Morgan fingerprint density at radius 1 is 1.33 bits per heavy atom. The topological polar surface area (TPSA) is 38.7 Å². The number of hydrogen-bond acceptors (Lipinski definition) is 3. The maximum absolute atomic E-state index is 10.6. The molecule has 0 heterocycles. The van der Waals surface area contributed by atoms with Crippen molar-refractivity contribution >= 4 is 0 Å². The first-order chi connectivity index (χ1) is 8.55. The zero-order chi connectivity index (χ0) is 13.2. The first-order valence-electron chi connectivity index (χ1n) is 6.65. The van der Waals surface area contributed by atoms with Gasteiger partial charge in [-0.15, -0.1) is 0 Å². The maximum Gasteiger partial charge on any atom is 0.125 e. The van der Waals surface area contributed by atoms with Gasteiger partial charge in [0.15, 0.2) is 0 Å². The summed E-state index contributed by atoms with van der Waals surface area (Å²) in [6.07, 6.45) is 1.59. The second-order valence-corrected chi connectivity index (χ2v) is 5.18. The van der Waals surface area contributed by atoms with Crippen molar-refractivity contribution in [1.29, 1.82) is 0 Å². The van der Waals surface area contributed by atoms with Gasteiger partial charge < -0.3 is 14.6 Å². The third-order valence-corrected chi connectivity index (χ3v) is 3.28. The predicted octanol–water partition coefficient (Wildman–Crippen LogP) is 2.86. The molecule has 1 saturated carbocycles. The van der Waals surface area contributed by atoms with Gasteiger partial charge in [0.05, 0.1) is 17.8 Å². The molecule has 0 radical (unpaired) electrons. The Kier molecular flexibility index (Phi) is 3.93. The molecule has 0 atom stereocenters. The first kappa shape index (κ1) is 13.4. The van der Waals surface area contributed by atoms with Gasteiger partial charge in [-0.25, -0.2) is 0 Å². The van der Waals surface area contributed by atoms with E-state index in [1.807, 2.05) is 45.0 Å². The lowest BCUT2D eigenvalue weighted by molar-refractivity contribution is -0.143. The molecular weight excluding hydrogens is 228 g/mol. The van der Waals surface area contributed by atoms with E-state index in [-0.39, 0.29) is 12.2 Å². The summed E-state index contributed by atoms with van der Waals surface area (Å²) in [6, 6.07) is 7.74. The van der Waals surface area contributed by atoms with Crippen molar-refractivity contribution in [1.82, 2.24) is 0 Å². The van der Waals surface area contributed by atoms with E-state index >= 15 is 0 Å². The molecule has 0 bridgehead atoms. The Morgan fingerprint density at radius 2 is 2.00 bits per heavy atom. The van der Waals surface area contributed by atoms with E-state index in [4.69, 9.17) is 9.47 Å². The number of para-hydroxylation sites is 1. The van der Waals surface area contributed by atoms with Gasteiger partial charge in [0.2, 0.25) is 0 Å². The summed E-state index contributed by atoms with van der Waals surface area (Å²) in [5.74, 6) is 0.782. The van der Waals surface area contributed by atoms with Crippen LogP contribution in [-0.4, -0.2) is 23.9 Å². The first-order valence-corrected chi connectivity index (χ1v) is 6.65. The molecule has 2 rings (SSSR count). The van der Waals surface area contributed by atoms with E-state index in [0.717, 1.165) is 11.3 Å². The number of rotatable bonds is 5. The number of ether oxygens (including phenoxy) is 2. The van der Waals surface area contributed by atoms with Crippen molar-refractivity contribution in [3.05, 3.63) is 29.8 Å². The molecule has 1 aromatic rings. The van der Waals surface area contributed by atoms with Gasteiger partial charge >= 0.3 is 0 Å². The average Bonchev–Trinajstić information content (AvgIpc) is 2.27. The van der Waals surface area contributed by atoms with Crippen molar-refractivity contribution in [3.8, 4) is 5.75 Å². The molecule has 18 heavy (non-hydrogen) atoms. The SMILES string of the molecule is CCOC1CC(O)(c2ccccc2OC(C)C)C1. The Balaban J connectivity index is 2.14. The molecule has 1 fully saturated rings. The lowest BCUT2D eigenvalue weighted by Crippen LogP contribution is -2.46. The third kappa shape index (κ3) is 2.68. The molecule has 0 aliphatic heterocycles. The van der Waals surface area contributed by atoms with Gasteiger partial charge in [-0.2, -0.15) is 0 Å². The average molecular weight is 250 g/mol. The maximum atomic E-state index is 10.6. The van der Waals surface area contributed by atoms with E-state index in [1.165, 1.54) is 0 Å². The van der Waals surface area contributed by atoms with E-state index in [9.17, 15) is 5.11 Å². The number of hydrogen-bond donors (Lipinski definition) is 1. The fraction of sp³-hybridized carbons (Fsp3) is 0.600. The van der Waals surface area contributed by atoms with Crippen LogP contribution in [0.5, 0.6) is 5.75 Å². The van der Waals surface area contributed by atoms with Crippen LogP contribution in [0.15, 0.2) is 24.3 Å². The van der Waals surface area contributed by atoms with Crippen LogP contribution in [0.1, 0.15) is 39.2 Å². The number of aliphatic hydroxyl groups is 1. The monoisotopic (exact) mass is 250 g/mol. The highest BCUT2D eigenvalue weighted by Crippen LogP contribution is 2.46. The molecule has 0 aromatic heterocycles. The molecular formula is C15H22O3. The summed E-state index contributed by atoms with van der Waals surface area (Å²) in [5, 5.41) is 10.6. The summed E-state index contributed by atoms with van der Waals surface area (Å²) in [5.41, 5.74) is 0.0975. The normalized spacial score (nSPS) is 27.1. The Labute approximate surface area is 109 Å². The predicted molar refractivity (Wildman–Crippen MR) is 70.8 cm³/mol. The minimum atomic E-state index is -0.786.